The van der Waals surface area contributed by atoms with E-state index in [-0.39, 0.29) is 19.1 Å². The molecule has 0 aromatic heterocycles. The summed E-state index contributed by atoms with van der Waals surface area (Å²) in [6.07, 6.45) is 1.78. The summed E-state index contributed by atoms with van der Waals surface area (Å²) in [5, 5.41) is 3.16. The summed E-state index contributed by atoms with van der Waals surface area (Å²) in [7, 11) is 0. The molecule has 0 radical (unpaired) electrons. The zero-order valence-corrected chi connectivity index (χ0v) is 19.3. The molecule has 2 aromatic rings. The highest BCUT2D eigenvalue weighted by atomic mass is 79.9. The van der Waals surface area contributed by atoms with Crippen LogP contribution in [-0.4, -0.2) is 35.9 Å². The molecule has 8 heteroatoms. The van der Waals surface area contributed by atoms with Crippen molar-refractivity contribution in [2.45, 2.75) is 39.3 Å². The lowest BCUT2D eigenvalue weighted by Gasteiger charge is -2.29. The number of nitrogens with zero attached hydrogens (tertiary/aromatic N) is 1. The van der Waals surface area contributed by atoms with Crippen LogP contribution in [0.5, 0.6) is 5.75 Å². The van der Waals surface area contributed by atoms with Crippen LogP contribution in [0.15, 0.2) is 46.9 Å². The summed E-state index contributed by atoms with van der Waals surface area (Å²) in [5.74, 6) is -0.838. The molecule has 1 atom stereocenters. The Balaban J connectivity index is 2.15. The third-order valence-corrected chi connectivity index (χ3v) is 5.33. The lowest BCUT2D eigenvalue weighted by atomic mass is 10.1. The highest BCUT2D eigenvalue weighted by Crippen LogP contribution is 2.27. The molecule has 0 fully saturated rings. The van der Waals surface area contributed by atoms with Gasteiger partial charge in [0, 0.05) is 23.1 Å². The van der Waals surface area contributed by atoms with Gasteiger partial charge in [-0.1, -0.05) is 59.1 Å². The SMILES string of the molecule is CCCCNC(=O)[C@@H](C)N(Cc1ccccc1F)C(=O)COc1ccc(Br)cc1Cl. The number of hydrogen-bond donors (Lipinski definition) is 1. The number of hydrogen-bond acceptors (Lipinski definition) is 3. The van der Waals surface area contributed by atoms with Gasteiger partial charge in [-0.3, -0.25) is 9.59 Å². The normalized spacial score (nSPS) is 11.6. The van der Waals surface area contributed by atoms with E-state index < -0.39 is 17.8 Å². The Morgan fingerprint density at radius 2 is 2.00 bits per heavy atom. The minimum absolute atomic E-state index is 0.0503. The van der Waals surface area contributed by atoms with E-state index in [0.29, 0.717) is 22.9 Å². The van der Waals surface area contributed by atoms with Gasteiger partial charge in [-0.25, -0.2) is 4.39 Å². The Kier molecular flexibility index (Phi) is 9.59. The van der Waals surface area contributed by atoms with E-state index in [4.69, 9.17) is 16.3 Å². The topological polar surface area (TPSA) is 58.6 Å². The summed E-state index contributed by atoms with van der Waals surface area (Å²) < 4.78 is 20.5. The molecule has 0 saturated heterocycles. The van der Waals surface area contributed by atoms with Crippen LogP contribution in [0.2, 0.25) is 5.02 Å². The molecule has 0 aliphatic rings. The number of unbranched alkanes of at least 4 members (excludes halogenated alkanes) is 1. The number of rotatable bonds is 10. The molecule has 0 aliphatic carbocycles. The number of nitrogens with one attached hydrogen (secondary N) is 1. The van der Waals surface area contributed by atoms with Gasteiger partial charge in [0.15, 0.2) is 6.61 Å². The fourth-order valence-corrected chi connectivity index (χ4v) is 3.47. The average Bonchev–Trinajstić information content (AvgIpc) is 2.72. The van der Waals surface area contributed by atoms with Crippen LogP contribution in [0.25, 0.3) is 0 Å². The molecule has 2 aromatic carbocycles. The molecule has 162 valence electrons. The van der Waals surface area contributed by atoms with E-state index in [2.05, 4.69) is 21.2 Å². The van der Waals surface area contributed by atoms with Gasteiger partial charge in [0.25, 0.3) is 5.91 Å². The van der Waals surface area contributed by atoms with Crippen molar-refractivity contribution in [3.8, 4) is 5.75 Å². The van der Waals surface area contributed by atoms with Crippen LogP contribution in [-0.2, 0) is 16.1 Å². The average molecular weight is 500 g/mol. The van der Waals surface area contributed by atoms with Gasteiger partial charge in [0.1, 0.15) is 17.6 Å². The first-order valence-corrected chi connectivity index (χ1v) is 10.9. The van der Waals surface area contributed by atoms with Crippen molar-refractivity contribution in [1.82, 2.24) is 10.2 Å². The van der Waals surface area contributed by atoms with Gasteiger partial charge in [0.05, 0.1) is 5.02 Å². The van der Waals surface area contributed by atoms with Crippen LogP contribution >= 0.6 is 27.5 Å². The predicted octanol–water partition coefficient (Wildman–Crippen LogP) is 4.95. The second kappa shape index (κ2) is 11.9. The molecule has 0 aliphatic heterocycles. The van der Waals surface area contributed by atoms with E-state index >= 15 is 0 Å². The quantitative estimate of drug-likeness (QED) is 0.470. The molecular weight excluding hydrogens is 475 g/mol. The first-order valence-electron chi connectivity index (χ1n) is 9.72. The summed E-state index contributed by atoms with van der Waals surface area (Å²) in [6, 6.07) is 10.4. The minimum atomic E-state index is -0.794. The molecule has 0 heterocycles. The molecule has 2 rings (SSSR count). The molecule has 0 bridgehead atoms. The molecule has 0 saturated carbocycles. The Morgan fingerprint density at radius 3 is 2.67 bits per heavy atom. The molecule has 30 heavy (non-hydrogen) atoms. The lowest BCUT2D eigenvalue weighted by Crippen LogP contribution is -2.49. The highest BCUT2D eigenvalue weighted by molar-refractivity contribution is 9.10. The molecular formula is C22H25BrClFN2O3. The van der Waals surface area contributed by atoms with E-state index in [0.717, 1.165) is 17.3 Å². The molecule has 5 nitrogen and oxygen atoms in total. The number of carbonyl (C=O) groups excluding carboxylic acids is 2. The monoisotopic (exact) mass is 498 g/mol. The van der Waals surface area contributed by atoms with Crippen molar-refractivity contribution < 1.29 is 18.7 Å². The molecule has 0 unspecified atom stereocenters. The molecule has 1 N–H and O–H groups in total. The fourth-order valence-electron chi connectivity index (χ4n) is 2.74. The second-order valence-corrected chi connectivity index (χ2v) is 8.12. The van der Waals surface area contributed by atoms with Crippen LogP contribution in [0.3, 0.4) is 0 Å². The van der Waals surface area contributed by atoms with Gasteiger partial charge in [0.2, 0.25) is 5.91 Å². The van der Waals surface area contributed by atoms with Gasteiger partial charge >= 0.3 is 0 Å². The Bertz CT molecular complexity index is 881. The number of benzene rings is 2. The smallest absolute Gasteiger partial charge is 0.261 e. The van der Waals surface area contributed by atoms with Crippen molar-refractivity contribution in [3.05, 3.63) is 63.3 Å². The van der Waals surface area contributed by atoms with Crippen molar-refractivity contribution in [2.24, 2.45) is 0 Å². The van der Waals surface area contributed by atoms with Crippen molar-refractivity contribution >= 4 is 39.3 Å². The van der Waals surface area contributed by atoms with Crippen LogP contribution < -0.4 is 10.1 Å². The van der Waals surface area contributed by atoms with Gasteiger partial charge in [-0.2, -0.15) is 0 Å². The fraction of sp³-hybridized carbons (Fsp3) is 0.364. The van der Waals surface area contributed by atoms with Crippen molar-refractivity contribution in [2.75, 3.05) is 13.2 Å². The maximum Gasteiger partial charge on any atom is 0.261 e. The first kappa shape index (κ1) is 24.2. The van der Waals surface area contributed by atoms with Gasteiger partial charge in [-0.15, -0.1) is 0 Å². The van der Waals surface area contributed by atoms with E-state index in [1.807, 2.05) is 6.92 Å². The summed E-state index contributed by atoms with van der Waals surface area (Å²) in [5.41, 5.74) is 0.320. The van der Waals surface area contributed by atoms with Crippen molar-refractivity contribution in [3.63, 3.8) is 0 Å². The van der Waals surface area contributed by atoms with Gasteiger partial charge < -0.3 is 15.0 Å². The van der Waals surface area contributed by atoms with Crippen LogP contribution in [0.4, 0.5) is 4.39 Å². The van der Waals surface area contributed by atoms with Crippen molar-refractivity contribution in [1.29, 1.82) is 0 Å². The molecule has 0 spiro atoms. The van der Waals surface area contributed by atoms with Crippen LogP contribution in [0, 0.1) is 5.82 Å². The standard InChI is InChI=1S/C22H25BrClFN2O3/c1-3-4-11-26-22(29)15(2)27(13-16-7-5-6-8-19(16)25)21(28)14-30-20-10-9-17(23)12-18(20)24/h5-10,12,15H,3-4,11,13-14H2,1-2H3,(H,26,29)/t15-/m1/s1. The first-order chi connectivity index (χ1) is 14.3. The minimum Gasteiger partial charge on any atom is -0.482 e. The van der Waals surface area contributed by atoms with E-state index in [1.165, 1.54) is 11.0 Å². The van der Waals surface area contributed by atoms with E-state index in [1.54, 1.807) is 43.3 Å². The van der Waals surface area contributed by atoms with Crippen LogP contribution in [0.1, 0.15) is 32.3 Å². The second-order valence-electron chi connectivity index (χ2n) is 6.80. The van der Waals surface area contributed by atoms with E-state index in [9.17, 15) is 14.0 Å². The predicted molar refractivity (Wildman–Crippen MR) is 119 cm³/mol. The third-order valence-electron chi connectivity index (χ3n) is 4.54. The largest absolute Gasteiger partial charge is 0.482 e. The summed E-state index contributed by atoms with van der Waals surface area (Å²) >= 11 is 9.44. The number of halogens is 3. The zero-order valence-electron chi connectivity index (χ0n) is 17.0. The maximum absolute atomic E-state index is 14.2. The Hall–Kier alpha value is -2.12. The Morgan fingerprint density at radius 1 is 1.27 bits per heavy atom. The number of amides is 2. The zero-order chi connectivity index (χ0) is 22.1. The highest BCUT2D eigenvalue weighted by Gasteiger charge is 2.27. The summed E-state index contributed by atoms with van der Waals surface area (Å²) in [6.45, 7) is 3.78. The lowest BCUT2D eigenvalue weighted by molar-refractivity contribution is -0.142. The van der Waals surface area contributed by atoms with Gasteiger partial charge in [-0.05, 0) is 37.6 Å². The third kappa shape index (κ3) is 6.99. The number of ether oxygens (including phenoxy) is 1. The maximum atomic E-state index is 14.2. The summed E-state index contributed by atoms with van der Waals surface area (Å²) in [4.78, 5) is 26.8. The molecule has 2 amide bonds. The Labute approximate surface area is 189 Å². The number of carbonyl (C=O) groups is 2.